The van der Waals surface area contributed by atoms with E-state index in [2.05, 4.69) is 133 Å². The summed E-state index contributed by atoms with van der Waals surface area (Å²) in [6.45, 7) is 20.4. The molecule has 4 N–H and O–H groups in total. The normalized spacial score (nSPS) is 15.7. The molecule has 0 spiro atoms. The molecule has 0 aliphatic carbocycles. The number of fused-ring (bicyclic) bond motifs is 6. The Morgan fingerprint density at radius 1 is 0.793 bits per heavy atom. The summed E-state index contributed by atoms with van der Waals surface area (Å²) in [5.74, 6) is -0.982. The van der Waals surface area contributed by atoms with E-state index in [0.717, 1.165) is 51.4 Å². The lowest BCUT2D eigenvalue weighted by Crippen LogP contribution is -2.51. The fraction of sp³-hybridized carbons (Fsp3) is 0.431. The number of hydroxylamine groups is 1. The Bertz CT molecular complexity index is 3800. The molecular weight excluding hydrogens is 1150 g/mol. The van der Waals surface area contributed by atoms with E-state index in [9.17, 15) is 36.2 Å². The smallest absolute Gasteiger partial charge is 0.294 e. The van der Waals surface area contributed by atoms with Crippen LogP contribution in [-0.2, 0) is 67.9 Å². The minimum Gasteiger partial charge on any atom is -0.497 e. The second kappa shape index (κ2) is 28.8. The molecule has 2 aliphatic rings. The van der Waals surface area contributed by atoms with Crippen molar-refractivity contribution in [3.8, 4) is 5.75 Å². The molecule has 22 heteroatoms. The zero-order chi connectivity index (χ0) is 62.7. The minimum absolute atomic E-state index is 0.0540. The van der Waals surface area contributed by atoms with Crippen molar-refractivity contribution in [1.29, 1.82) is 0 Å². The van der Waals surface area contributed by atoms with Crippen molar-refractivity contribution in [2.24, 2.45) is 5.92 Å². The number of amides is 2. The van der Waals surface area contributed by atoms with Crippen LogP contribution in [0.2, 0.25) is 0 Å². The van der Waals surface area contributed by atoms with E-state index in [-0.39, 0.29) is 40.0 Å². The third-order valence-electron chi connectivity index (χ3n) is 16.2. The van der Waals surface area contributed by atoms with Gasteiger partial charge in [0.25, 0.3) is 16.0 Å². The van der Waals surface area contributed by atoms with E-state index in [1.165, 1.54) is 75.4 Å². The highest BCUT2D eigenvalue weighted by molar-refractivity contribution is 7.89. The van der Waals surface area contributed by atoms with Crippen LogP contribution in [0.1, 0.15) is 96.5 Å². The van der Waals surface area contributed by atoms with Crippen LogP contribution in [-0.4, -0.2) is 140 Å². The number of rotatable bonds is 31. The van der Waals surface area contributed by atoms with E-state index in [0.29, 0.717) is 71.3 Å². The lowest BCUT2D eigenvalue weighted by molar-refractivity contribution is -0.438. The topological polar surface area (TPSA) is 244 Å². The molecule has 0 fully saturated rings. The standard InChI is InChI=1S/C65H82N8O12S2/c1-10-71-55-32-30-52-46(4)18-17-19-53(52)60(55)64(5,6)57(71)20-13-11-14-21-58-65(7,8)61-54-42-51(87(79,80)81)27-23-47(54)24-31-56(61)72(58)34-16-12-15-22-59(74)66-33-36-83-38-40-85-41-39-84-37-35-70-43-48(67-69-70)44-73(62(45(2)3)63(75)68-76)86(77,78)50-28-25-49(82-9)26-29-50/h11,13-14,17-21,23-32,42-43,45,62H,10,12,15-16,22,33-41,44H2,1-9H3,(H3-,66,67,68,69,74,75,76,79,80,81)/p+1/t62-/m1/s1. The molecule has 5 aromatic carbocycles. The van der Waals surface area contributed by atoms with Crippen molar-refractivity contribution in [3.63, 3.8) is 0 Å². The summed E-state index contributed by atoms with van der Waals surface area (Å²) in [5.41, 5.74) is 9.22. The average molecular weight is 1230 g/mol. The summed E-state index contributed by atoms with van der Waals surface area (Å²) >= 11 is 0. The summed E-state index contributed by atoms with van der Waals surface area (Å²) in [4.78, 5) is 27.8. The van der Waals surface area contributed by atoms with Crippen molar-refractivity contribution >= 4 is 70.6 Å². The molecule has 0 unspecified atom stereocenters. The number of likely N-dealkylation sites (N-methyl/N-ethyl adjacent to an activating group) is 1. The van der Waals surface area contributed by atoms with Crippen LogP contribution in [0.3, 0.4) is 0 Å². The first-order valence-electron chi connectivity index (χ1n) is 29.6. The monoisotopic (exact) mass is 1230 g/mol. The molecule has 1 atom stereocenters. The fourth-order valence-electron chi connectivity index (χ4n) is 12.0. The third kappa shape index (κ3) is 15.1. The number of carbonyl (C=O) groups excluding carboxylic acids is 2. The molecule has 8 rings (SSSR count). The molecule has 6 aromatic rings. The van der Waals surface area contributed by atoms with Crippen LogP contribution in [0.5, 0.6) is 5.75 Å². The summed E-state index contributed by atoms with van der Waals surface area (Å²) in [6.07, 6.45) is 14.8. The second-order valence-corrected chi connectivity index (χ2v) is 26.4. The van der Waals surface area contributed by atoms with Gasteiger partial charge in [-0.1, -0.05) is 81.5 Å². The Morgan fingerprint density at radius 3 is 2.18 bits per heavy atom. The van der Waals surface area contributed by atoms with Crippen LogP contribution in [0.15, 0.2) is 137 Å². The molecule has 87 heavy (non-hydrogen) atoms. The van der Waals surface area contributed by atoms with Crippen LogP contribution in [0.4, 0.5) is 11.4 Å². The predicted octanol–water partition coefficient (Wildman–Crippen LogP) is 9.49. The number of ether oxygens (including phenoxy) is 4. The number of benzene rings is 5. The molecule has 0 saturated carbocycles. The molecule has 2 aliphatic heterocycles. The summed E-state index contributed by atoms with van der Waals surface area (Å²) in [5, 5.41) is 24.9. The number of allylic oxidation sites excluding steroid dienone is 6. The molecule has 1 aromatic heterocycles. The number of unbranched alkanes of at least 4 members (excludes halogenated alkanes) is 2. The molecule has 0 saturated heterocycles. The third-order valence-corrected chi connectivity index (χ3v) is 18.9. The average Bonchev–Trinajstić information content (AvgIpc) is 1.61. The summed E-state index contributed by atoms with van der Waals surface area (Å²) in [6, 6.07) is 24.4. The number of anilines is 1. The van der Waals surface area contributed by atoms with Crippen molar-refractivity contribution in [1.82, 2.24) is 30.1 Å². The highest BCUT2D eigenvalue weighted by atomic mass is 32.2. The zero-order valence-corrected chi connectivity index (χ0v) is 52.9. The number of hydrogen-bond donors (Lipinski definition) is 4. The number of aromatic nitrogens is 3. The maximum absolute atomic E-state index is 13.9. The van der Waals surface area contributed by atoms with Gasteiger partial charge < -0.3 is 29.2 Å². The molecule has 2 amide bonds. The van der Waals surface area contributed by atoms with Gasteiger partial charge in [0.2, 0.25) is 21.6 Å². The lowest BCUT2D eigenvalue weighted by Gasteiger charge is -2.31. The Hall–Kier alpha value is -7.15. The zero-order valence-electron chi connectivity index (χ0n) is 51.3. The van der Waals surface area contributed by atoms with E-state index in [1.807, 2.05) is 6.07 Å². The highest BCUT2D eigenvalue weighted by Crippen LogP contribution is 2.51. The first-order chi connectivity index (χ1) is 41.5. The van der Waals surface area contributed by atoms with Crippen LogP contribution >= 0.6 is 0 Å². The number of hydrogen-bond acceptors (Lipinski definition) is 14. The summed E-state index contributed by atoms with van der Waals surface area (Å²) < 4.78 is 89.5. The van der Waals surface area contributed by atoms with E-state index >= 15 is 0 Å². The predicted molar refractivity (Wildman–Crippen MR) is 336 cm³/mol. The number of nitrogens with zero attached hydrogens (tertiary/aromatic N) is 6. The number of sulfonamides is 1. The Balaban J connectivity index is 0.768. The number of nitrogens with one attached hydrogen (secondary N) is 2. The highest BCUT2D eigenvalue weighted by Gasteiger charge is 2.46. The van der Waals surface area contributed by atoms with Crippen molar-refractivity contribution in [2.75, 3.05) is 71.3 Å². The van der Waals surface area contributed by atoms with Crippen molar-refractivity contribution in [3.05, 3.63) is 150 Å². The molecule has 0 radical (unpaired) electrons. The first kappa shape index (κ1) is 65.8. The van der Waals surface area contributed by atoms with Crippen molar-refractivity contribution < 1.29 is 59.7 Å². The SMILES string of the molecule is CCN1\C(=C/C=C/C=C/C2=[N+](CCCCCC(=O)NCCOCCOCCOCCn3cc(CN([C@@H](C(=O)NO)C(C)C)S(=O)(=O)c4ccc(OC)cc4)nn3)c3ccc4ccc(S(=O)(=O)O)cc4c3C2(C)C)C(C)(C)c2c1ccc1c(C)cccc21. The molecule has 466 valence electrons. The van der Waals surface area contributed by atoms with Gasteiger partial charge in [-0.3, -0.25) is 19.3 Å². The minimum atomic E-state index is -4.44. The molecule has 0 bridgehead atoms. The van der Waals surface area contributed by atoms with Gasteiger partial charge in [-0.25, -0.2) is 18.6 Å². The van der Waals surface area contributed by atoms with E-state index in [1.54, 1.807) is 37.7 Å². The van der Waals surface area contributed by atoms with Crippen LogP contribution in [0.25, 0.3) is 21.5 Å². The van der Waals surface area contributed by atoms with Crippen molar-refractivity contribution in [2.45, 2.75) is 121 Å². The Morgan fingerprint density at radius 2 is 1.49 bits per heavy atom. The van der Waals surface area contributed by atoms with Gasteiger partial charge in [-0.15, -0.1) is 5.10 Å². The number of methoxy groups -OCH3 is 1. The fourth-order valence-corrected chi connectivity index (χ4v) is 14.2. The lowest BCUT2D eigenvalue weighted by atomic mass is 9.79. The van der Waals surface area contributed by atoms with Gasteiger partial charge in [0, 0.05) is 66.6 Å². The van der Waals surface area contributed by atoms with Crippen LogP contribution < -0.4 is 20.4 Å². The van der Waals surface area contributed by atoms with Gasteiger partial charge in [0.05, 0.1) is 80.7 Å². The van der Waals surface area contributed by atoms with Gasteiger partial charge in [0.1, 0.15) is 18.3 Å². The van der Waals surface area contributed by atoms with E-state index in [4.69, 9.17) is 18.9 Å². The van der Waals surface area contributed by atoms with Gasteiger partial charge in [-0.05, 0) is 134 Å². The van der Waals surface area contributed by atoms with Crippen LogP contribution in [0, 0.1) is 12.8 Å². The Kier molecular flexibility index (Phi) is 21.8. The first-order valence-corrected chi connectivity index (χ1v) is 32.5. The van der Waals surface area contributed by atoms with E-state index < -0.39 is 43.4 Å². The maximum atomic E-state index is 13.9. The quantitative estimate of drug-likeness (QED) is 0.00791. The van der Waals surface area contributed by atoms with Gasteiger partial charge >= 0.3 is 0 Å². The number of aryl methyl sites for hydroxylation is 1. The largest absolute Gasteiger partial charge is 0.497 e. The van der Waals surface area contributed by atoms with Gasteiger partial charge in [0.15, 0.2) is 5.71 Å². The summed E-state index contributed by atoms with van der Waals surface area (Å²) in [7, 11) is -7.22. The Labute approximate surface area is 511 Å². The van der Waals surface area contributed by atoms with Gasteiger partial charge in [-0.2, -0.15) is 17.3 Å². The molecule has 20 nitrogen and oxygen atoms in total. The number of carbonyl (C=O) groups is 2. The maximum Gasteiger partial charge on any atom is 0.294 e. The molecule has 3 heterocycles. The molecular formula is C65H83N8O12S2+. The second-order valence-electron chi connectivity index (χ2n) is 23.1.